The van der Waals surface area contributed by atoms with Crippen LogP contribution in [0.25, 0.3) is 0 Å². The number of methoxy groups -OCH3 is 1. The zero-order valence-electron chi connectivity index (χ0n) is 17.4. The van der Waals surface area contributed by atoms with Crippen molar-refractivity contribution in [2.45, 2.75) is 11.5 Å². The Morgan fingerprint density at radius 3 is 2.24 bits per heavy atom. The van der Waals surface area contributed by atoms with Gasteiger partial charge >= 0.3 is 6.61 Å². The predicted octanol–water partition coefficient (Wildman–Crippen LogP) is 4.26. The molecule has 0 aromatic heterocycles. The maximum atomic E-state index is 12.7. The molecule has 178 valence electrons. The van der Waals surface area contributed by atoms with Crippen LogP contribution in [0, 0.1) is 10.1 Å². The minimum atomic E-state index is -4.16. The van der Waals surface area contributed by atoms with Crippen LogP contribution in [0.5, 0.6) is 11.5 Å². The number of nitrogens with zero attached hydrogens (tertiary/aromatic N) is 1. The molecule has 34 heavy (non-hydrogen) atoms. The van der Waals surface area contributed by atoms with Gasteiger partial charge in [-0.25, -0.2) is 8.42 Å². The van der Waals surface area contributed by atoms with Crippen molar-refractivity contribution in [1.82, 2.24) is 0 Å². The summed E-state index contributed by atoms with van der Waals surface area (Å²) in [6.45, 7) is -2.97. The SMILES string of the molecule is COc1ccc([N+](=O)[O-])cc1NS(=O)(=O)c1ccc(C(=O)Nc2ccc(OC(F)F)cc2)cc1. The third-order valence-corrected chi connectivity index (χ3v) is 5.78. The van der Waals surface area contributed by atoms with Crippen LogP contribution in [0.2, 0.25) is 0 Å². The lowest BCUT2D eigenvalue weighted by atomic mass is 10.2. The minimum absolute atomic E-state index is 0.0737. The monoisotopic (exact) mass is 493 g/mol. The molecule has 0 bridgehead atoms. The molecule has 0 saturated heterocycles. The molecular weight excluding hydrogens is 476 g/mol. The van der Waals surface area contributed by atoms with Crippen LogP contribution in [-0.2, 0) is 10.0 Å². The van der Waals surface area contributed by atoms with E-state index in [2.05, 4.69) is 14.8 Å². The van der Waals surface area contributed by atoms with Gasteiger partial charge in [-0.15, -0.1) is 0 Å². The summed E-state index contributed by atoms with van der Waals surface area (Å²) in [5.41, 5.74) is -0.0281. The van der Waals surface area contributed by atoms with Gasteiger partial charge in [0, 0.05) is 23.4 Å². The molecule has 0 atom stereocenters. The largest absolute Gasteiger partial charge is 0.495 e. The first kappa shape index (κ1) is 24.4. The third-order valence-electron chi connectivity index (χ3n) is 4.40. The summed E-state index contributed by atoms with van der Waals surface area (Å²) in [6.07, 6.45) is 0. The van der Waals surface area contributed by atoms with Crippen molar-refractivity contribution >= 4 is 33.0 Å². The second kappa shape index (κ2) is 10.1. The first-order valence-electron chi connectivity index (χ1n) is 9.40. The van der Waals surface area contributed by atoms with Gasteiger partial charge in [0.15, 0.2) is 0 Å². The fourth-order valence-corrected chi connectivity index (χ4v) is 3.86. The van der Waals surface area contributed by atoms with E-state index in [1.807, 2.05) is 0 Å². The number of halogens is 2. The number of alkyl halides is 2. The molecule has 1 amide bonds. The van der Waals surface area contributed by atoms with Crippen LogP contribution >= 0.6 is 0 Å². The number of nitro groups is 1. The molecule has 0 saturated carbocycles. The van der Waals surface area contributed by atoms with E-state index in [4.69, 9.17) is 4.74 Å². The van der Waals surface area contributed by atoms with Gasteiger partial charge in [-0.3, -0.25) is 19.6 Å². The zero-order valence-corrected chi connectivity index (χ0v) is 18.2. The smallest absolute Gasteiger partial charge is 0.387 e. The summed E-state index contributed by atoms with van der Waals surface area (Å²) >= 11 is 0. The molecular formula is C21H17F2N3O7S. The summed E-state index contributed by atoms with van der Waals surface area (Å²) in [4.78, 5) is 22.5. The number of hydrogen-bond donors (Lipinski definition) is 2. The lowest BCUT2D eigenvalue weighted by Crippen LogP contribution is -2.15. The lowest BCUT2D eigenvalue weighted by Gasteiger charge is -2.12. The van der Waals surface area contributed by atoms with E-state index in [0.29, 0.717) is 5.69 Å². The topological polar surface area (TPSA) is 137 Å². The van der Waals surface area contributed by atoms with Gasteiger partial charge in [0.1, 0.15) is 11.5 Å². The van der Waals surface area contributed by atoms with Gasteiger partial charge in [0.25, 0.3) is 21.6 Å². The Morgan fingerprint density at radius 1 is 1.03 bits per heavy atom. The molecule has 0 heterocycles. The summed E-state index contributed by atoms with van der Waals surface area (Å²) in [5.74, 6) is -0.564. The molecule has 0 radical (unpaired) electrons. The van der Waals surface area contributed by atoms with Crippen molar-refractivity contribution in [1.29, 1.82) is 0 Å². The highest BCUT2D eigenvalue weighted by Crippen LogP contribution is 2.31. The Balaban J connectivity index is 1.74. The van der Waals surface area contributed by atoms with E-state index in [-0.39, 0.29) is 33.3 Å². The number of nitrogens with one attached hydrogen (secondary N) is 2. The number of hydrogen-bond acceptors (Lipinski definition) is 7. The van der Waals surface area contributed by atoms with E-state index in [9.17, 15) is 32.1 Å². The Bertz CT molecular complexity index is 1300. The second-order valence-electron chi connectivity index (χ2n) is 6.63. The van der Waals surface area contributed by atoms with Gasteiger partial charge < -0.3 is 14.8 Å². The first-order valence-corrected chi connectivity index (χ1v) is 10.9. The number of sulfonamides is 1. The Morgan fingerprint density at radius 2 is 1.68 bits per heavy atom. The van der Waals surface area contributed by atoms with Crippen LogP contribution < -0.4 is 19.5 Å². The molecule has 0 unspecified atom stereocenters. The van der Waals surface area contributed by atoms with Crippen molar-refractivity contribution in [2.75, 3.05) is 17.1 Å². The van der Waals surface area contributed by atoms with Crippen molar-refractivity contribution < 1.29 is 36.4 Å². The number of nitro benzene ring substituents is 1. The van der Waals surface area contributed by atoms with Crippen LogP contribution in [0.4, 0.5) is 25.8 Å². The van der Waals surface area contributed by atoms with Crippen molar-refractivity contribution in [3.63, 3.8) is 0 Å². The number of benzene rings is 3. The van der Waals surface area contributed by atoms with E-state index in [1.54, 1.807) is 0 Å². The number of anilines is 2. The number of carbonyl (C=O) groups excluding carboxylic acids is 1. The van der Waals surface area contributed by atoms with Crippen LogP contribution in [0.1, 0.15) is 10.4 Å². The van der Waals surface area contributed by atoms with E-state index < -0.39 is 27.5 Å². The third kappa shape index (κ3) is 5.95. The van der Waals surface area contributed by atoms with Gasteiger partial charge in [0.05, 0.1) is 22.6 Å². The number of ether oxygens (including phenoxy) is 2. The number of rotatable bonds is 9. The number of amides is 1. The minimum Gasteiger partial charge on any atom is -0.495 e. The zero-order chi connectivity index (χ0) is 24.9. The van der Waals surface area contributed by atoms with Gasteiger partial charge in [-0.1, -0.05) is 0 Å². The Kier molecular flexibility index (Phi) is 7.26. The fraction of sp³-hybridized carbons (Fsp3) is 0.0952. The van der Waals surface area contributed by atoms with Crippen LogP contribution in [0.15, 0.2) is 71.6 Å². The summed E-state index contributed by atoms with van der Waals surface area (Å²) in [6, 6.07) is 13.6. The first-order chi connectivity index (χ1) is 16.1. The van der Waals surface area contributed by atoms with Crippen LogP contribution in [0.3, 0.4) is 0 Å². The fourth-order valence-electron chi connectivity index (χ4n) is 2.80. The van der Waals surface area contributed by atoms with Crippen LogP contribution in [-0.4, -0.2) is 33.0 Å². The molecule has 3 aromatic rings. The van der Waals surface area contributed by atoms with Gasteiger partial charge in [-0.2, -0.15) is 8.78 Å². The normalized spacial score (nSPS) is 11.1. The summed E-state index contributed by atoms with van der Waals surface area (Å²) in [5, 5.41) is 13.5. The highest BCUT2D eigenvalue weighted by Gasteiger charge is 2.20. The average Bonchev–Trinajstić information content (AvgIpc) is 2.79. The van der Waals surface area contributed by atoms with Crippen molar-refractivity contribution in [3.05, 3.63) is 82.4 Å². The Hall–Kier alpha value is -4.26. The number of non-ortho nitro benzene ring substituents is 1. The highest BCUT2D eigenvalue weighted by atomic mass is 32.2. The molecule has 3 aromatic carbocycles. The van der Waals surface area contributed by atoms with Crippen molar-refractivity contribution in [3.8, 4) is 11.5 Å². The molecule has 10 nitrogen and oxygen atoms in total. The maximum absolute atomic E-state index is 12.7. The maximum Gasteiger partial charge on any atom is 0.387 e. The molecule has 0 aliphatic rings. The molecule has 3 rings (SSSR count). The molecule has 0 aliphatic heterocycles. The Labute approximate surface area is 192 Å². The van der Waals surface area contributed by atoms with Crippen molar-refractivity contribution in [2.24, 2.45) is 0 Å². The highest BCUT2D eigenvalue weighted by molar-refractivity contribution is 7.92. The standard InChI is InChI=1S/C21H17F2N3O7S/c1-32-19-11-6-15(26(28)29)12-18(19)25-34(30,31)17-9-2-13(3-10-17)20(27)24-14-4-7-16(8-5-14)33-21(22)23/h2-12,21,25H,1H3,(H,24,27). The summed E-state index contributed by atoms with van der Waals surface area (Å²) in [7, 11) is -2.88. The summed E-state index contributed by atoms with van der Waals surface area (Å²) < 4.78 is 61.4. The molecule has 0 spiro atoms. The van der Waals surface area contributed by atoms with E-state index in [0.717, 1.165) is 6.07 Å². The second-order valence-corrected chi connectivity index (χ2v) is 8.31. The van der Waals surface area contributed by atoms with Gasteiger partial charge in [-0.05, 0) is 54.6 Å². The predicted molar refractivity (Wildman–Crippen MR) is 118 cm³/mol. The quantitative estimate of drug-likeness (QED) is 0.336. The van der Waals surface area contributed by atoms with Gasteiger partial charge in [0.2, 0.25) is 0 Å². The van der Waals surface area contributed by atoms with E-state index >= 15 is 0 Å². The lowest BCUT2D eigenvalue weighted by molar-refractivity contribution is -0.384. The molecule has 0 fully saturated rings. The number of carbonyl (C=O) groups is 1. The average molecular weight is 493 g/mol. The molecule has 0 aliphatic carbocycles. The van der Waals surface area contributed by atoms with E-state index in [1.165, 1.54) is 67.8 Å². The molecule has 2 N–H and O–H groups in total. The molecule has 13 heteroatoms.